The molecule has 128 valence electrons. The van der Waals surface area contributed by atoms with Gasteiger partial charge < -0.3 is 10.0 Å². The molecule has 1 aromatic heterocycles. The van der Waals surface area contributed by atoms with Crippen LogP contribution >= 0.6 is 0 Å². The van der Waals surface area contributed by atoms with Crippen molar-refractivity contribution < 1.29 is 18.7 Å². The van der Waals surface area contributed by atoms with Gasteiger partial charge in [-0.3, -0.25) is 9.78 Å². The molecule has 0 bridgehead atoms. The van der Waals surface area contributed by atoms with Crippen molar-refractivity contribution in [2.24, 2.45) is 0 Å². The third-order valence-electron chi connectivity index (χ3n) is 4.37. The maximum atomic E-state index is 14.3. The molecule has 6 heteroatoms. The summed E-state index contributed by atoms with van der Waals surface area (Å²) in [5.41, 5.74) is 0.759. The molecule has 0 spiro atoms. The van der Waals surface area contributed by atoms with Crippen LogP contribution in [0.3, 0.4) is 0 Å². The van der Waals surface area contributed by atoms with Gasteiger partial charge in [0, 0.05) is 18.9 Å². The summed E-state index contributed by atoms with van der Waals surface area (Å²) in [4.78, 5) is 17.5. The lowest BCUT2D eigenvalue weighted by Crippen LogP contribution is -2.50. The van der Waals surface area contributed by atoms with E-state index in [1.54, 1.807) is 24.5 Å². The Bertz CT molecular complexity index is 511. The van der Waals surface area contributed by atoms with E-state index < -0.39 is 17.9 Å². The van der Waals surface area contributed by atoms with E-state index in [4.69, 9.17) is 0 Å². The average molecular weight is 326 g/mol. The molecule has 0 radical (unpaired) electrons. The molecule has 2 heterocycles. The predicted octanol–water partition coefficient (Wildman–Crippen LogP) is 3.32. The number of aliphatic hydroxyl groups is 1. The third-order valence-corrected chi connectivity index (χ3v) is 4.37. The molecule has 0 aromatic carbocycles. The van der Waals surface area contributed by atoms with Crippen LogP contribution < -0.4 is 0 Å². The SMILES string of the molecule is CCCCCC(O)C(F)(F)C(=O)N1CCCC1c1cccnc1. The molecule has 2 atom stereocenters. The van der Waals surface area contributed by atoms with Gasteiger partial charge in [-0.25, -0.2) is 0 Å². The first-order valence-electron chi connectivity index (χ1n) is 8.25. The highest BCUT2D eigenvalue weighted by Gasteiger charge is 2.50. The third kappa shape index (κ3) is 4.05. The van der Waals surface area contributed by atoms with Crippen LogP contribution in [0.25, 0.3) is 0 Å². The van der Waals surface area contributed by atoms with Gasteiger partial charge in [0.2, 0.25) is 0 Å². The second-order valence-electron chi connectivity index (χ2n) is 6.08. The minimum absolute atomic E-state index is 0.0576. The molecule has 2 unspecified atom stereocenters. The molecule has 4 nitrogen and oxygen atoms in total. The fourth-order valence-corrected chi connectivity index (χ4v) is 3.03. The van der Waals surface area contributed by atoms with Gasteiger partial charge in [-0.05, 0) is 30.9 Å². The molecule has 1 aliphatic heterocycles. The first-order valence-corrected chi connectivity index (χ1v) is 8.25. The fraction of sp³-hybridized carbons (Fsp3) is 0.647. The lowest BCUT2D eigenvalue weighted by molar-refractivity contribution is -0.176. The summed E-state index contributed by atoms with van der Waals surface area (Å²) < 4.78 is 28.6. The van der Waals surface area contributed by atoms with Crippen LogP contribution in [-0.4, -0.2) is 39.5 Å². The normalized spacial score (nSPS) is 19.8. The number of pyridine rings is 1. The van der Waals surface area contributed by atoms with E-state index in [2.05, 4.69) is 4.98 Å². The van der Waals surface area contributed by atoms with Gasteiger partial charge in [0.25, 0.3) is 5.91 Å². The second kappa shape index (κ2) is 7.81. The number of rotatable bonds is 7. The van der Waals surface area contributed by atoms with Crippen LogP contribution in [0.2, 0.25) is 0 Å². The Kier molecular flexibility index (Phi) is 6.04. The molecule has 1 aliphatic rings. The number of halogens is 2. The maximum absolute atomic E-state index is 14.3. The number of aromatic nitrogens is 1. The Morgan fingerprint density at radius 1 is 1.52 bits per heavy atom. The summed E-state index contributed by atoms with van der Waals surface area (Å²) in [5, 5.41) is 9.78. The summed E-state index contributed by atoms with van der Waals surface area (Å²) in [5.74, 6) is -5.01. The van der Waals surface area contributed by atoms with Crippen LogP contribution in [0.1, 0.15) is 57.1 Å². The first kappa shape index (κ1) is 17.8. The van der Waals surface area contributed by atoms with Crippen molar-refractivity contribution >= 4 is 5.91 Å². The Morgan fingerprint density at radius 3 is 2.96 bits per heavy atom. The molecule has 1 amide bonds. The molecular weight excluding hydrogens is 302 g/mol. The molecule has 2 rings (SSSR count). The number of carbonyl (C=O) groups excluding carboxylic acids is 1. The van der Waals surface area contributed by atoms with Crippen LogP contribution in [0.5, 0.6) is 0 Å². The zero-order chi connectivity index (χ0) is 16.9. The zero-order valence-electron chi connectivity index (χ0n) is 13.4. The Labute approximate surface area is 135 Å². The van der Waals surface area contributed by atoms with Gasteiger partial charge in [0.1, 0.15) is 6.10 Å². The molecule has 1 aromatic rings. The summed E-state index contributed by atoms with van der Waals surface area (Å²) in [6, 6.07) is 3.14. The smallest absolute Gasteiger partial charge is 0.349 e. The van der Waals surface area contributed by atoms with Crippen LogP contribution in [0, 0.1) is 0 Å². The zero-order valence-corrected chi connectivity index (χ0v) is 13.4. The summed E-state index contributed by atoms with van der Waals surface area (Å²) in [6.45, 7) is 2.24. The molecule has 1 fully saturated rings. The fourth-order valence-electron chi connectivity index (χ4n) is 3.03. The monoisotopic (exact) mass is 326 g/mol. The van der Waals surface area contributed by atoms with E-state index in [1.165, 1.54) is 4.90 Å². The van der Waals surface area contributed by atoms with E-state index in [9.17, 15) is 18.7 Å². The van der Waals surface area contributed by atoms with Crippen molar-refractivity contribution in [3.8, 4) is 0 Å². The topological polar surface area (TPSA) is 53.4 Å². The number of likely N-dealkylation sites (tertiary alicyclic amines) is 1. The lowest BCUT2D eigenvalue weighted by atomic mass is 10.0. The summed E-state index contributed by atoms with van der Waals surface area (Å²) >= 11 is 0. The largest absolute Gasteiger partial charge is 0.386 e. The minimum atomic E-state index is -3.74. The number of aliphatic hydroxyl groups excluding tert-OH is 1. The molecule has 0 aliphatic carbocycles. The van der Waals surface area contributed by atoms with Gasteiger partial charge in [-0.2, -0.15) is 8.78 Å². The van der Waals surface area contributed by atoms with E-state index in [1.807, 2.05) is 6.92 Å². The first-order chi connectivity index (χ1) is 11.0. The Balaban J connectivity index is 2.08. The summed E-state index contributed by atoms with van der Waals surface area (Å²) in [6.07, 6.45) is 4.68. The molecule has 1 N–H and O–H groups in total. The number of carbonyl (C=O) groups is 1. The Hall–Kier alpha value is -1.56. The van der Waals surface area contributed by atoms with E-state index in [0.29, 0.717) is 19.3 Å². The quantitative estimate of drug-likeness (QED) is 0.782. The lowest BCUT2D eigenvalue weighted by Gasteiger charge is -2.30. The maximum Gasteiger partial charge on any atom is 0.349 e. The number of hydrogen-bond donors (Lipinski definition) is 1. The van der Waals surface area contributed by atoms with Gasteiger partial charge in [-0.15, -0.1) is 0 Å². The molecular formula is C17H24F2N2O2. The van der Waals surface area contributed by atoms with Crippen LogP contribution in [0.15, 0.2) is 24.5 Å². The molecule has 23 heavy (non-hydrogen) atoms. The predicted molar refractivity (Wildman–Crippen MR) is 83.0 cm³/mol. The van der Waals surface area contributed by atoms with Gasteiger partial charge in [0.05, 0.1) is 6.04 Å². The summed E-state index contributed by atoms with van der Waals surface area (Å²) in [7, 11) is 0. The number of hydrogen-bond acceptors (Lipinski definition) is 3. The average Bonchev–Trinajstić information content (AvgIpc) is 3.04. The van der Waals surface area contributed by atoms with E-state index >= 15 is 0 Å². The van der Waals surface area contributed by atoms with Gasteiger partial charge in [-0.1, -0.05) is 32.3 Å². The standard InChI is InChI=1S/C17H24F2N2O2/c1-2-3-4-9-15(22)17(18,19)16(23)21-11-6-8-14(21)13-7-5-10-20-12-13/h5,7,10,12,14-15,22H,2-4,6,8-9,11H2,1H3. The van der Waals surface area contributed by atoms with Crippen LogP contribution in [0.4, 0.5) is 8.78 Å². The second-order valence-corrected chi connectivity index (χ2v) is 6.08. The van der Waals surface area contributed by atoms with E-state index in [-0.39, 0.29) is 19.0 Å². The minimum Gasteiger partial charge on any atom is -0.386 e. The molecule has 1 saturated heterocycles. The van der Waals surface area contributed by atoms with Crippen molar-refractivity contribution in [1.29, 1.82) is 0 Å². The Morgan fingerprint density at radius 2 is 2.30 bits per heavy atom. The number of nitrogens with zero attached hydrogens (tertiary/aromatic N) is 2. The van der Waals surface area contributed by atoms with Crippen molar-refractivity contribution in [3.05, 3.63) is 30.1 Å². The van der Waals surface area contributed by atoms with Gasteiger partial charge in [0.15, 0.2) is 0 Å². The highest BCUT2D eigenvalue weighted by molar-refractivity contribution is 5.84. The van der Waals surface area contributed by atoms with Crippen LogP contribution in [-0.2, 0) is 4.79 Å². The number of alkyl halides is 2. The highest BCUT2D eigenvalue weighted by atomic mass is 19.3. The van der Waals surface area contributed by atoms with Gasteiger partial charge >= 0.3 is 5.92 Å². The number of amides is 1. The number of unbranched alkanes of at least 4 members (excludes halogenated alkanes) is 2. The van der Waals surface area contributed by atoms with Crippen molar-refractivity contribution in [3.63, 3.8) is 0 Å². The highest BCUT2D eigenvalue weighted by Crippen LogP contribution is 2.36. The van der Waals surface area contributed by atoms with E-state index in [0.717, 1.165) is 18.4 Å². The molecule has 0 saturated carbocycles. The van der Waals surface area contributed by atoms with Crippen molar-refractivity contribution in [2.75, 3.05) is 6.54 Å². The van der Waals surface area contributed by atoms with Crippen molar-refractivity contribution in [2.45, 2.75) is 63.5 Å². The van der Waals surface area contributed by atoms with Crippen molar-refractivity contribution in [1.82, 2.24) is 9.88 Å².